The fourth-order valence-corrected chi connectivity index (χ4v) is 2.50. The summed E-state index contributed by atoms with van der Waals surface area (Å²) in [4.78, 5) is 11.6. The van der Waals surface area contributed by atoms with Gasteiger partial charge in [-0.15, -0.1) is 0 Å². The number of para-hydroxylation sites is 2. The maximum absolute atomic E-state index is 11.6. The van der Waals surface area contributed by atoms with Gasteiger partial charge < -0.3 is 15.8 Å². The molecule has 1 aliphatic rings. The third-order valence-corrected chi connectivity index (χ3v) is 3.35. The molecule has 0 saturated heterocycles. The lowest BCUT2D eigenvalue weighted by Gasteiger charge is -2.45. The van der Waals surface area contributed by atoms with Gasteiger partial charge in [0.2, 0.25) is 5.91 Å². The van der Waals surface area contributed by atoms with Crippen LogP contribution in [0.2, 0.25) is 0 Å². The van der Waals surface area contributed by atoms with Gasteiger partial charge in [0, 0.05) is 0 Å². The van der Waals surface area contributed by atoms with Crippen LogP contribution in [-0.4, -0.2) is 18.6 Å². The standard InChI is InChI=1S/C13H18N2O2/c1-9-7-13(8-9,12(14)16)15-10-5-3-4-6-11(10)17-2/h3-6,9,15H,7-8H2,1-2H3,(H2,14,16). The first-order valence-corrected chi connectivity index (χ1v) is 5.78. The maximum Gasteiger partial charge on any atom is 0.243 e. The van der Waals surface area contributed by atoms with Crippen molar-refractivity contribution in [1.29, 1.82) is 0 Å². The van der Waals surface area contributed by atoms with Crippen molar-refractivity contribution in [3.05, 3.63) is 24.3 Å². The molecule has 4 heteroatoms. The molecule has 0 aromatic heterocycles. The normalized spacial score (nSPS) is 27.1. The van der Waals surface area contributed by atoms with Gasteiger partial charge in [-0.25, -0.2) is 0 Å². The molecule has 0 bridgehead atoms. The van der Waals surface area contributed by atoms with E-state index in [2.05, 4.69) is 12.2 Å². The molecular formula is C13H18N2O2. The van der Waals surface area contributed by atoms with Gasteiger partial charge in [0.05, 0.1) is 12.8 Å². The van der Waals surface area contributed by atoms with Crippen LogP contribution in [-0.2, 0) is 4.79 Å². The minimum absolute atomic E-state index is 0.290. The van der Waals surface area contributed by atoms with Gasteiger partial charge in [-0.3, -0.25) is 4.79 Å². The van der Waals surface area contributed by atoms with Gasteiger partial charge in [-0.2, -0.15) is 0 Å². The Morgan fingerprint density at radius 1 is 1.47 bits per heavy atom. The van der Waals surface area contributed by atoms with Gasteiger partial charge in [-0.05, 0) is 30.9 Å². The highest BCUT2D eigenvalue weighted by Crippen LogP contribution is 2.41. The zero-order valence-electron chi connectivity index (χ0n) is 10.2. The zero-order valence-corrected chi connectivity index (χ0v) is 10.2. The van der Waals surface area contributed by atoms with Crippen molar-refractivity contribution in [1.82, 2.24) is 0 Å². The van der Waals surface area contributed by atoms with Crippen LogP contribution in [0.3, 0.4) is 0 Å². The summed E-state index contributed by atoms with van der Waals surface area (Å²) in [7, 11) is 1.61. The number of nitrogens with two attached hydrogens (primary N) is 1. The lowest BCUT2D eigenvalue weighted by atomic mass is 9.68. The summed E-state index contributed by atoms with van der Waals surface area (Å²) in [5.74, 6) is 0.971. The number of ether oxygens (including phenoxy) is 1. The predicted molar refractivity (Wildman–Crippen MR) is 66.9 cm³/mol. The van der Waals surface area contributed by atoms with Crippen LogP contribution in [0.4, 0.5) is 5.69 Å². The van der Waals surface area contributed by atoms with Crippen LogP contribution >= 0.6 is 0 Å². The summed E-state index contributed by atoms with van der Waals surface area (Å²) < 4.78 is 5.25. The minimum Gasteiger partial charge on any atom is -0.495 e. The molecular weight excluding hydrogens is 216 g/mol. The molecule has 0 aliphatic heterocycles. The van der Waals surface area contributed by atoms with Crippen molar-refractivity contribution >= 4 is 11.6 Å². The maximum atomic E-state index is 11.6. The molecule has 92 valence electrons. The van der Waals surface area contributed by atoms with Crippen LogP contribution in [0.25, 0.3) is 0 Å². The van der Waals surface area contributed by atoms with E-state index in [4.69, 9.17) is 10.5 Å². The highest BCUT2D eigenvalue weighted by molar-refractivity contribution is 5.89. The molecule has 1 fully saturated rings. The van der Waals surface area contributed by atoms with Crippen molar-refractivity contribution in [3.8, 4) is 5.75 Å². The Labute approximate surface area is 101 Å². The van der Waals surface area contributed by atoms with Gasteiger partial charge in [-0.1, -0.05) is 19.1 Å². The molecule has 0 unspecified atom stereocenters. The quantitative estimate of drug-likeness (QED) is 0.834. The number of methoxy groups -OCH3 is 1. The van der Waals surface area contributed by atoms with E-state index in [1.165, 1.54) is 0 Å². The molecule has 2 rings (SSSR count). The van der Waals surface area contributed by atoms with Crippen molar-refractivity contribution in [2.75, 3.05) is 12.4 Å². The van der Waals surface area contributed by atoms with Crippen LogP contribution in [0, 0.1) is 5.92 Å². The Hall–Kier alpha value is -1.71. The Morgan fingerprint density at radius 3 is 2.65 bits per heavy atom. The molecule has 0 radical (unpaired) electrons. The first-order valence-electron chi connectivity index (χ1n) is 5.78. The highest BCUT2D eigenvalue weighted by Gasteiger charge is 2.47. The van der Waals surface area contributed by atoms with Gasteiger partial charge in [0.1, 0.15) is 11.3 Å². The Morgan fingerprint density at radius 2 is 2.12 bits per heavy atom. The predicted octanol–water partition coefficient (Wildman–Crippen LogP) is 1.76. The molecule has 4 nitrogen and oxygen atoms in total. The van der Waals surface area contributed by atoms with Crippen LogP contribution in [0.5, 0.6) is 5.75 Å². The number of primary amides is 1. The molecule has 1 aromatic carbocycles. The summed E-state index contributed by atoms with van der Waals surface area (Å²) >= 11 is 0. The number of hydrogen-bond donors (Lipinski definition) is 2. The van der Waals surface area contributed by atoms with E-state index in [9.17, 15) is 4.79 Å². The van der Waals surface area contributed by atoms with Crippen LogP contribution in [0.15, 0.2) is 24.3 Å². The van der Waals surface area contributed by atoms with Crippen molar-refractivity contribution in [2.24, 2.45) is 11.7 Å². The number of nitrogens with one attached hydrogen (secondary N) is 1. The number of carbonyl (C=O) groups excluding carboxylic acids is 1. The molecule has 0 spiro atoms. The number of amides is 1. The first kappa shape index (κ1) is 11.8. The highest BCUT2D eigenvalue weighted by atomic mass is 16.5. The number of carbonyl (C=O) groups is 1. The molecule has 0 heterocycles. The Bertz CT molecular complexity index is 425. The molecule has 1 aromatic rings. The largest absolute Gasteiger partial charge is 0.495 e. The summed E-state index contributed by atoms with van der Waals surface area (Å²) in [6.07, 6.45) is 1.56. The number of rotatable bonds is 4. The van der Waals surface area contributed by atoms with E-state index in [1.54, 1.807) is 7.11 Å². The van der Waals surface area contributed by atoms with E-state index in [0.717, 1.165) is 24.3 Å². The van der Waals surface area contributed by atoms with E-state index in [0.29, 0.717) is 5.92 Å². The second-order valence-corrected chi connectivity index (χ2v) is 4.79. The minimum atomic E-state index is -0.603. The third-order valence-electron chi connectivity index (χ3n) is 3.35. The van der Waals surface area contributed by atoms with E-state index in [-0.39, 0.29) is 5.91 Å². The van der Waals surface area contributed by atoms with E-state index < -0.39 is 5.54 Å². The molecule has 0 atom stereocenters. The first-order chi connectivity index (χ1) is 8.07. The number of benzene rings is 1. The Kier molecular flexibility index (Phi) is 2.96. The monoisotopic (exact) mass is 234 g/mol. The lowest BCUT2D eigenvalue weighted by Crippen LogP contribution is -2.58. The van der Waals surface area contributed by atoms with Crippen molar-refractivity contribution in [2.45, 2.75) is 25.3 Å². The zero-order chi connectivity index (χ0) is 12.5. The van der Waals surface area contributed by atoms with E-state index >= 15 is 0 Å². The lowest BCUT2D eigenvalue weighted by molar-refractivity contribution is -0.126. The average Bonchev–Trinajstić information content (AvgIpc) is 2.27. The second-order valence-electron chi connectivity index (χ2n) is 4.79. The topological polar surface area (TPSA) is 64.3 Å². The molecule has 1 amide bonds. The van der Waals surface area contributed by atoms with Crippen molar-refractivity contribution < 1.29 is 9.53 Å². The summed E-state index contributed by atoms with van der Waals surface area (Å²) in [6, 6.07) is 7.55. The van der Waals surface area contributed by atoms with Gasteiger partial charge in [0.25, 0.3) is 0 Å². The Balaban J connectivity index is 2.22. The average molecular weight is 234 g/mol. The molecule has 1 saturated carbocycles. The SMILES string of the molecule is COc1ccccc1NC1(C(N)=O)CC(C)C1. The molecule has 1 aliphatic carbocycles. The number of anilines is 1. The van der Waals surface area contributed by atoms with Gasteiger partial charge >= 0.3 is 0 Å². The summed E-state index contributed by atoms with van der Waals surface area (Å²) in [5, 5.41) is 3.24. The second kappa shape index (κ2) is 4.28. The number of hydrogen-bond acceptors (Lipinski definition) is 3. The smallest absolute Gasteiger partial charge is 0.243 e. The fraction of sp³-hybridized carbons (Fsp3) is 0.462. The van der Waals surface area contributed by atoms with Gasteiger partial charge in [0.15, 0.2) is 0 Å². The van der Waals surface area contributed by atoms with Crippen LogP contribution in [0.1, 0.15) is 19.8 Å². The summed E-state index contributed by atoms with van der Waals surface area (Å²) in [5.41, 5.74) is 5.71. The van der Waals surface area contributed by atoms with Crippen LogP contribution < -0.4 is 15.8 Å². The molecule has 17 heavy (non-hydrogen) atoms. The van der Waals surface area contributed by atoms with Crippen molar-refractivity contribution in [3.63, 3.8) is 0 Å². The third kappa shape index (κ3) is 2.07. The molecule has 3 N–H and O–H groups in total. The van der Waals surface area contributed by atoms with E-state index in [1.807, 2.05) is 24.3 Å². The summed E-state index contributed by atoms with van der Waals surface area (Å²) in [6.45, 7) is 2.12. The fourth-order valence-electron chi connectivity index (χ4n) is 2.50.